The zero-order chi connectivity index (χ0) is 14.5. The number of carbonyl (C=O) groups excluding carboxylic acids is 1. The lowest BCUT2D eigenvalue weighted by Crippen LogP contribution is -2.34. The normalized spacial score (nSPS) is 22.5. The van der Waals surface area contributed by atoms with E-state index in [1.165, 1.54) is 5.56 Å². The summed E-state index contributed by atoms with van der Waals surface area (Å²) < 4.78 is 0. The molecule has 0 saturated carbocycles. The van der Waals surface area contributed by atoms with Gasteiger partial charge in [-0.05, 0) is 30.9 Å². The predicted molar refractivity (Wildman–Crippen MR) is 82.4 cm³/mol. The van der Waals surface area contributed by atoms with E-state index in [0.29, 0.717) is 24.3 Å². The number of carbonyl (C=O) groups is 1. The van der Waals surface area contributed by atoms with Crippen LogP contribution in [0.25, 0.3) is 0 Å². The third-order valence-corrected chi connectivity index (χ3v) is 4.62. The summed E-state index contributed by atoms with van der Waals surface area (Å²) in [6.07, 6.45) is 1.85. The molecule has 1 heterocycles. The maximum absolute atomic E-state index is 12.5. The van der Waals surface area contributed by atoms with Gasteiger partial charge in [0.25, 0.3) is 0 Å². The molecule has 20 heavy (non-hydrogen) atoms. The molecular formula is C17H26N2O. The average molecular weight is 274 g/mol. The Morgan fingerprint density at radius 3 is 2.45 bits per heavy atom. The minimum atomic E-state index is 0.169. The van der Waals surface area contributed by atoms with Crippen molar-refractivity contribution >= 4 is 5.91 Å². The van der Waals surface area contributed by atoms with Crippen molar-refractivity contribution in [3.8, 4) is 0 Å². The van der Waals surface area contributed by atoms with Crippen molar-refractivity contribution in [2.24, 2.45) is 17.6 Å². The molecular weight excluding hydrogens is 248 g/mol. The molecule has 1 aromatic rings. The summed E-state index contributed by atoms with van der Waals surface area (Å²) in [5.41, 5.74) is 7.24. The second-order valence-electron chi connectivity index (χ2n) is 5.77. The second-order valence-corrected chi connectivity index (χ2v) is 5.77. The Kier molecular flexibility index (Phi) is 5.18. The summed E-state index contributed by atoms with van der Waals surface area (Å²) in [5.74, 6) is 1.25. The fourth-order valence-corrected chi connectivity index (χ4v) is 3.26. The number of rotatable bonds is 5. The summed E-state index contributed by atoms with van der Waals surface area (Å²) in [7, 11) is 0. The first-order valence-electron chi connectivity index (χ1n) is 7.75. The lowest BCUT2D eigenvalue weighted by Gasteiger charge is -2.22. The molecule has 3 heteroatoms. The van der Waals surface area contributed by atoms with Gasteiger partial charge in [0.15, 0.2) is 0 Å². The Balaban J connectivity index is 2.12. The molecule has 2 atom stereocenters. The number of nitrogens with zero attached hydrogens (tertiary/aromatic N) is 1. The molecule has 3 nitrogen and oxygen atoms in total. The highest BCUT2D eigenvalue weighted by Gasteiger charge is 2.36. The minimum Gasteiger partial charge on any atom is -0.341 e. The molecule has 0 unspecified atom stereocenters. The molecule has 1 saturated heterocycles. The van der Waals surface area contributed by atoms with Crippen molar-refractivity contribution in [2.45, 2.75) is 32.6 Å². The van der Waals surface area contributed by atoms with Crippen molar-refractivity contribution < 1.29 is 4.79 Å². The Labute approximate surface area is 122 Å². The largest absolute Gasteiger partial charge is 0.341 e. The predicted octanol–water partition coefficient (Wildman–Crippen LogP) is 2.62. The number of hydrogen-bond donors (Lipinski definition) is 1. The molecule has 1 aliphatic heterocycles. The molecule has 2 rings (SSSR count). The van der Waals surface area contributed by atoms with E-state index in [4.69, 9.17) is 5.73 Å². The van der Waals surface area contributed by atoms with Crippen LogP contribution in [0.1, 0.15) is 38.2 Å². The molecule has 0 aliphatic carbocycles. The Morgan fingerprint density at radius 2 is 1.90 bits per heavy atom. The van der Waals surface area contributed by atoms with Crippen LogP contribution in [-0.2, 0) is 4.79 Å². The highest BCUT2D eigenvalue weighted by Crippen LogP contribution is 2.33. The molecule has 0 aromatic heterocycles. The van der Waals surface area contributed by atoms with Gasteiger partial charge in [-0.2, -0.15) is 0 Å². The first-order valence-corrected chi connectivity index (χ1v) is 7.75. The Hall–Kier alpha value is -1.35. The number of hydrogen-bond acceptors (Lipinski definition) is 2. The van der Waals surface area contributed by atoms with Crippen molar-refractivity contribution in [1.82, 2.24) is 4.90 Å². The number of nitrogens with two attached hydrogens (primary N) is 1. The zero-order valence-electron chi connectivity index (χ0n) is 12.6. The summed E-state index contributed by atoms with van der Waals surface area (Å²) in [6.45, 7) is 6.47. The number of amides is 1. The Bertz CT molecular complexity index is 428. The fourth-order valence-electron chi connectivity index (χ4n) is 3.26. The molecule has 1 aromatic carbocycles. The highest BCUT2D eigenvalue weighted by molar-refractivity contribution is 5.79. The van der Waals surface area contributed by atoms with Gasteiger partial charge in [0.05, 0.1) is 0 Å². The van der Waals surface area contributed by atoms with Gasteiger partial charge >= 0.3 is 0 Å². The SMILES string of the molecule is CCC(CC)C(=O)N1C[C@@H](CN)[C@H](c2ccccc2)C1. The van der Waals surface area contributed by atoms with E-state index in [1.807, 2.05) is 11.0 Å². The molecule has 2 N–H and O–H groups in total. The van der Waals surface area contributed by atoms with Gasteiger partial charge in [-0.15, -0.1) is 0 Å². The summed E-state index contributed by atoms with van der Waals surface area (Å²) in [5, 5.41) is 0. The average Bonchev–Trinajstić information content (AvgIpc) is 2.93. The van der Waals surface area contributed by atoms with Crippen molar-refractivity contribution in [3.63, 3.8) is 0 Å². The molecule has 0 spiro atoms. The van der Waals surface area contributed by atoms with Crippen LogP contribution < -0.4 is 5.73 Å². The molecule has 1 fully saturated rings. The van der Waals surface area contributed by atoms with E-state index in [-0.39, 0.29) is 5.92 Å². The fraction of sp³-hybridized carbons (Fsp3) is 0.588. The standard InChI is InChI=1S/C17H26N2O/c1-3-13(4-2)17(20)19-11-15(10-18)16(12-19)14-8-6-5-7-9-14/h5-9,13,15-16H,3-4,10-12,18H2,1-2H3/t15-,16+/m1/s1. The highest BCUT2D eigenvalue weighted by atomic mass is 16.2. The van der Waals surface area contributed by atoms with Crippen molar-refractivity contribution in [3.05, 3.63) is 35.9 Å². The summed E-state index contributed by atoms with van der Waals surface area (Å²) >= 11 is 0. The summed E-state index contributed by atoms with van der Waals surface area (Å²) in [4.78, 5) is 14.6. The first-order chi connectivity index (χ1) is 9.71. The molecule has 0 radical (unpaired) electrons. The van der Waals surface area contributed by atoms with Gasteiger partial charge in [-0.25, -0.2) is 0 Å². The van der Waals surface area contributed by atoms with Crippen LogP contribution in [0.2, 0.25) is 0 Å². The van der Waals surface area contributed by atoms with Crippen molar-refractivity contribution in [2.75, 3.05) is 19.6 Å². The van der Waals surface area contributed by atoms with E-state index in [1.54, 1.807) is 0 Å². The van der Waals surface area contributed by atoms with Crippen LogP contribution >= 0.6 is 0 Å². The van der Waals surface area contributed by atoms with Gasteiger partial charge in [-0.3, -0.25) is 4.79 Å². The monoisotopic (exact) mass is 274 g/mol. The van der Waals surface area contributed by atoms with E-state index in [2.05, 4.69) is 38.1 Å². The van der Waals surface area contributed by atoms with E-state index in [9.17, 15) is 4.79 Å². The van der Waals surface area contributed by atoms with Crippen LogP contribution in [-0.4, -0.2) is 30.4 Å². The number of likely N-dealkylation sites (tertiary alicyclic amines) is 1. The maximum atomic E-state index is 12.5. The summed E-state index contributed by atoms with van der Waals surface area (Å²) in [6, 6.07) is 10.5. The van der Waals surface area contributed by atoms with Gasteiger partial charge in [-0.1, -0.05) is 44.2 Å². The van der Waals surface area contributed by atoms with Crippen LogP contribution in [0.15, 0.2) is 30.3 Å². The maximum Gasteiger partial charge on any atom is 0.225 e. The first kappa shape index (κ1) is 15.0. The minimum absolute atomic E-state index is 0.169. The molecule has 0 bridgehead atoms. The third-order valence-electron chi connectivity index (χ3n) is 4.62. The van der Waals surface area contributed by atoms with E-state index in [0.717, 1.165) is 25.9 Å². The van der Waals surface area contributed by atoms with Crippen molar-refractivity contribution in [1.29, 1.82) is 0 Å². The van der Waals surface area contributed by atoms with Gasteiger partial charge < -0.3 is 10.6 Å². The smallest absolute Gasteiger partial charge is 0.225 e. The van der Waals surface area contributed by atoms with Crippen LogP contribution in [0, 0.1) is 11.8 Å². The van der Waals surface area contributed by atoms with Gasteiger partial charge in [0.1, 0.15) is 0 Å². The van der Waals surface area contributed by atoms with Gasteiger partial charge in [0.2, 0.25) is 5.91 Å². The molecule has 1 amide bonds. The lowest BCUT2D eigenvalue weighted by atomic mass is 9.89. The van der Waals surface area contributed by atoms with Crippen LogP contribution in [0.5, 0.6) is 0 Å². The van der Waals surface area contributed by atoms with Crippen LogP contribution in [0.3, 0.4) is 0 Å². The quantitative estimate of drug-likeness (QED) is 0.897. The third kappa shape index (κ3) is 3.04. The molecule has 110 valence electrons. The van der Waals surface area contributed by atoms with E-state index < -0.39 is 0 Å². The lowest BCUT2D eigenvalue weighted by molar-refractivity contribution is -0.134. The van der Waals surface area contributed by atoms with Crippen LogP contribution in [0.4, 0.5) is 0 Å². The Morgan fingerprint density at radius 1 is 1.25 bits per heavy atom. The van der Waals surface area contributed by atoms with E-state index >= 15 is 0 Å². The van der Waals surface area contributed by atoms with Gasteiger partial charge in [0, 0.05) is 24.9 Å². The number of benzene rings is 1. The topological polar surface area (TPSA) is 46.3 Å². The zero-order valence-corrected chi connectivity index (χ0v) is 12.6. The molecule has 1 aliphatic rings. The second kappa shape index (κ2) is 6.89.